The quantitative estimate of drug-likeness (QED) is 0.723. The van der Waals surface area contributed by atoms with E-state index in [0.29, 0.717) is 5.92 Å². The topological polar surface area (TPSA) is 52.0 Å². The van der Waals surface area contributed by atoms with E-state index in [9.17, 15) is 0 Å². The first-order valence-corrected chi connectivity index (χ1v) is 5.28. The molecule has 1 rings (SSSR count). The molecule has 2 heteroatoms. The van der Waals surface area contributed by atoms with Crippen LogP contribution in [0.3, 0.4) is 0 Å². The smallest absolute Gasteiger partial charge is 0.0402 e. The summed E-state index contributed by atoms with van der Waals surface area (Å²) in [5, 5.41) is 0. The van der Waals surface area contributed by atoms with Gasteiger partial charge in [0.1, 0.15) is 0 Å². The van der Waals surface area contributed by atoms with Crippen molar-refractivity contribution >= 4 is 11.4 Å². The fourth-order valence-corrected chi connectivity index (χ4v) is 1.74. The maximum absolute atomic E-state index is 6.09. The molecular weight excluding hydrogens is 172 g/mol. The van der Waals surface area contributed by atoms with Crippen molar-refractivity contribution in [3.63, 3.8) is 0 Å². The van der Waals surface area contributed by atoms with Crippen LogP contribution in [-0.2, 0) is 6.42 Å². The van der Waals surface area contributed by atoms with Crippen molar-refractivity contribution in [2.45, 2.75) is 39.5 Å². The fraction of sp³-hybridized carbons (Fsp3) is 0.500. The van der Waals surface area contributed by atoms with Crippen molar-refractivity contribution in [3.8, 4) is 0 Å². The summed E-state index contributed by atoms with van der Waals surface area (Å²) in [5.41, 5.74) is 16.0. The number of nitrogen functional groups attached to an aromatic ring is 2. The molecule has 1 atom stereocenters. The molecule has 0 saturated heterocycles. The molecule has 78 valence electrons. The van der Waals surface area contributed by atoms with Crippen molar-refractivity contribution < 1.29 is 0 Å². The fourth-order valence-electron chi connectivity index (χ4n) is 1.74. The maximum Gasteiger partial charge on any atom is 0.0402 e. The van der Waals surface area contributed by atoms with Gasteiger partial charge in [-0.1, -0.05) is 26.8 Å². The summed E-state index contributed by atoms with van der Waals surface area (Å²) in [6.07, 6.45) is 2.01. The average molecular weight is 192 g/mol. The SMILES string of the molecule is CCc1c(N)ccc(C(C)CC)c1N. The summed E-state index contributed by atoms with van der Waals surface area (Å²) in [6.45, 7) is 6.45. The zero-order chi connectivity index (χ0) is 10.7. The van der Waals surface area contributed by atoms with Crippen LogP contribution in [0.1, 0.15) is 44.2 Å². The number of anilines is 2. The average Bonchev–Trinajstić information content (AvgIpc) is 2.18. The molecule has 0 aromatic heterocycles. The Morgan fingerprint density at radius 3 is 2.36 bits per heavy atom. The molecule has 0 bridgehead atoms. The minimum atomic E-state index is 0.515. The van der Waals surface area contributed by atoms with Gasteiger partial charge in [-0.15, -0.1) is 0 Å². The molecule has 0 aliphatic carbocycles. The molecule has 0 aliphatic rings. The highest BCUT2D eigenvalue weighted by Crippen LogP contribution is 2.30. The number of hydrogen-bond donors (Lipinski definition) is 2. The van der Waals surface area contributed by atoms with E-state index < -0.39 is 0 Å². The van der Waals surface area contributed by atoms with Gasteiger partial charge < -0.3 is 11.5 Å². The second kappa shape index (κ2) is 4.36. The van der Waals surface area contributed by atoms with E-state index in [-0.39, 0.29) is 0 Å². The van der Waals surface area contributed by atoms with Gasteiger partial charge in [0, 0.05) is 11.4 Å². The van der Waals surface area contributed by atoms with Crippen molar-refractivity contribution in [2.75, 3.05) is 11.5 Å². The number of rotatable bonds is 3. The minimum absolute atomic E-state index is 0.515. The highest BCUT2D eigenvalue weighted by Gasteiger charge is 2.11. The van der Waals surface area contributed by atoms with E-state index in [1.165, 1.54) is 5.56 Å². The first-order chi connectivity index (χ1) is 6.61. The van der Waals surface area contributed by atoms with Crippen LogP contribution in [0.15, 0.2) is 12.1 Å². The van der Waals surface area contributed by atoms with E-state index >= 15 is 0 Å². The molecule has 4 N–H and O–H groups in total. The molecule has 2 nitrogen and oxygen atoms in total. The summed E-state index contributed by atoms with van der Waals surface area (Å²) in [4.78, 5) is 0. The van der Waals surface area contributed by atoms with Crippen LogP contribution in [0.5, 0.6) is 0 Å². The van der Waals surface area contributed by atoms with Gasteiger partial charge in [-0.25, -0.2) is 0 Å². The Kier molecular flexibility index (Phi) is 3.39. The maximum atomic E-state index is 6.09. The molecular formula is C12H20N2. The van der Waals surface area contributed by atoms with Crippen LogP contribution in [0.2, 0.25) is 0 Å². The lowest BCUT2D eigenvalue weighted by Gasteiger charge is -2.16. The van der Waals surface area contributed by atoms with Crippen LogP contribution in [0, 0.1) is 0 Å². The Morgan fingerprint density at radius 1 is 1.21 bits per heavy atom. The van der Waals surface area contributed by atoms with Gasteiger partial charge in [0.15, 0.2) is 0 Å². The Morgan fingerprint density at radius 2 is 1.86 bits per heavy atom. The molecule has 0 spiro atoms. The van der Waals surface area contributed by atoms with Crippen molar-refractivity contribution in [1.29, 1.82) is 0 Å². The zero-order valence-corrected chi connectivity index (χ0v) is 9.30. The summed E-state index contributed by atoms with van der Waals surface area (Å²) >= 11 is 0. The summed E-state index contributed by atoms with van der Waals surface area (Å²) < 4.78 is 0. The lowest BCUT2D eigenvalue weighted by Crippen LogP contribution is -2.05. The van der Waals surface area contributed by atoms with Gasteiger partial charge in [0.05, 0.1) is 0 Å². The third kappa shape index (κ3) is 1.84. The molecule has 1 unspecified atom stereocenters. The highest BCUT2D eigenvalue weighted by atomic mass is 14.6. The summed E-state index contributed by atoms with van der Waals surface area (Å²) in [6, 6.07) is 4.02. The van der Waals surface area contributed by atoms with Crippen LogP contribution in [-0.4, -0.2) is 0 Å². The van der Waals surface area contributed by atoms with Gasteiger partial charge >= 0.3 is 0 Å². The Bertz CT molecular complexity index is 318. The van der Waals surface area contributed by atoms with E-state index in [1.54, 1.807) is 0 Å². The third-order valence-corrected chi connectivity index (χ3v) is 2.92. The van der Waals surface area contributed by atoms with Crippen LogP contribution in [0.4, 0.5) is 11.4 Å². The predicted molar refractivity (Wildman–Crippen MR) is 63.4 cm³/mol. The summed E-state index contributed by atoms with van der Waals surface area (Å²) in [7, 11) is 0. The van der Waals surface area contributed by atoms with E-state index in [1.807, 2.05) is 6.07 Å². The van der Waals surface area contributed by atoms with Gasteiger partial charge in [0.2, 0.25) is 0 Å². The van der Waals surface area contributed by atoms with Crippen molar-refractivity contribution in [2.24, 2.45) is 0 Å². The Labute approximate surface area is 86.3 Å². The van der Waals surface area contributed by atoms with Gasteiger partial charge in [0.25, 0.3) is 0 Å². The van der Waals surface area contributed by atoms with Crippen molar-refractivity contribution in [1.82, 2.24) is 0 Å². The Balaban J connectivity index is 3.21. The molecule has 0 fully saturated rings. The van der Waals surface area contributed by atoms with Crippen LogP contribution in [0.25, 0.3) is 0 Å². The molecule has 1 aromatic carbocycles. The van der Waals surface area contributed by atoms with E-state index in [2.05, 4.69) is 26.8 Å². The largest absolute Gasteiger partial charge is 0.398 e. The number of hydrogen-bond acceptors (Lipinski definition) is 2. The normalized spacial score (nSPS) is 12.8. The molecule has 14 heavy (non-hydrogen) atoms. The zero-order valence-electron chi connectivity index (χ0n) is 9.30. The van der Waals surface area contributed by atoms with E-state index in [0.717, 1.165) is 29.8 Å². The predicted octanol–water partition coefficient (Wildman–Crippen LogP) is 2.93. The molecule has 0 amide bonds. The lowest BCUT2D eigenvalue weighted by molar-refractivity contribution is 0.735. The first kappa shape index (κ1) is 10.9. The second-order valence-electron chi connectivity index (χ2n) is 3.80. The van der Waals surface area contributed by atoms with Gasteiger partial charge in [-0.2, -0.15) is 0 Å². The third-order valence-electron chi connectivity index (χ3n) is 2.92. The van der Waals surface area contributed by atoms with Crippen molar-refractivity contribution in [3.05, 3.63) is 23.3 Å². The number of nitrogens with two attached hydrogens (primary N) is 2. The van der Waals surface area contributed by atoms with Gasteiger partial charge in [-0.05, 0) is 36.0 Å². The minimum Gasteiger partial charge on any atom is -0.398 e. The van der Waals surface area contributed by atoms with Crippen LogP contribution < -0.4 is 11.5 Å². The highest BCUT2D eigenvalue weighted by molar-refractivity contribution is 5.66. The molecule has 0 aliphatic heterocycles. The molecule has 1 aromatic rings. The molecule has 0 radical (unpaired) electrons. The molecule has 0 saturated carbocycles. The number of benzene rings is 1. The molecule has 0 heterocycles. The van der Waals surface area contributed by atoms with Crippen LogP contribution >= 0.6 is 0 Å². The standard InChI is InChI=1S/C12H20N2/c1-4-8(3)10-6-7-11(13)9(5-2)12(10)14/h6-8H,4-5,13-14H2,1-3H3. The summed E-state index contributed by atoms with van der Waals surface area (Å²) in [5.74, 6) is 0.515. The first-order valence-electron chi connectivity index (χ1n) is 5.28. The lowest BCUT2D eigenvalue weighted by atomic mass is 9.93. The monoisotopic (exact) mass is 192 g/mol. The van der Waals surface area contributed by atoms with E-state index in [4.69, 9.17) is 11.5 Å². The van der Waals surface area contributed by atoms with Gasteiger partial charge in [-0.3, -0.25) is 0 Å². The second-order valence-corrected chi connectivity index (χ2v) is 3.80. The Hall–Kier alpha value is -1.18.